The third kappa shape index (κ3) is 3.08. The molecule has 0 aliphatic heterocycles. The highest BCUT2D eigenvalue weighted by atomic mass is 19.4. The SMILES string of the molecule is Nc1[nH]ncc1C(=O)NCc1cccc(C(F)(F)F)c1. The number of anilines is 1. The van der Waals surface area contributed by atoms with Crippen molar-refractivity contribution in [1.82, 2.24) is 15.5 Å². The van der Waals surface area contributed by atoms with Crippen molar-refractivity contribution in [3.8, 4) is 0 Å². The Morgan fingerprint density at radius 1 is 1.40 bits per heavy atom. The van der Waals surface area contributed by atoms with Gasteiger partial charge in [-0.05, 0) is 17.7 Å². The van der Waals surface area contributed by atoms with E-state index in [4.69, 9.17) is 5.73 Å². The average molecular weight is 284 g/mol. The number of hydrogen-bond donors (Lipinski definition) is 3. The molecule has 0 atom stereocenters. The van der Waals surface area contributed by atoms with E-state index in [1.807, 2.05) is 0 Å². The van der Waals surface area contributed by atoms with Gasteiger partial charge in [0.1, 0.15) is 11.4 Å². The van der Waals surface area contributed by atoms with Crippen LogP contribution in [0, 0.1) is 0 Å². The Morgan fingerprint density at radius 2 is 2.15 bits per heavy atom. The van der Waals surface area contributed by atoms with Gasteiger partial charge < -0.3 is 11.1 Å². The summed E-state index contributed by atoms with van der Waals surface area (Å²) in [5, 5.41) is 8.45. The van der Waals surface area contributed by atoms with Crippen molar-refractivity contribution >= 4 is 11.7 Å². The molecule has 0 radical (unpaired) electrons. The number of aromatic amines is 1. The average Bonchev–Trinajstić information content (AvgIpc) is 2.82. The van der Waals surface area contributed by atoms with Gasteiger partial charge in [-0.25, -0.2) is 0 Å². The van der Waals surface area contributed by atoms with E-state index in [9.17, 15) is 18.0 Å². The number of benzene rings is 1. The van der Waals surface area contributed by atoms with Crippen LogP contribution in [-0.2, 0) is 12.7 Å². The number of nitrogens with one attached hydrogen (secondary N) is 2. The van der Waals surface area contributed by atoms with E-state index < -0.39 is 17.6 Å². The number of nitrogen functional groups attached to an aromatic ring is 1. The van der Waals surface area contributed by atoms with Crippen molar-refractivity contribution < 1.29 is 18.0 Å². The molecule has 1 aromatic heterocycles. The molecule has 0 saturated carbocycles. The number of aromatic nitrogens is 2. The number of hydrogen-bond acceptors (Lipinski definition) is 3. The van der Waals surface area contributed by atoms with Crippen LogP contribution in [0.5, 0.6) is 0 Å². The molecule has 20 heavy (non-hydrogen) atoms. The van der Waals surface area contributed by atoms with Crippen LogP contribution >= 0.6 is 0 Å². The first kappa shape index (κ1) is 13.9. The zero-order valence-corrected chi connectivity index (χ0v) is 10.2. The summed E-state index contributed by atoms with van der Waals surface area (Å²) in [7, 11) is 0. The fraction of sp³-hybridized carbons (Fsp3) is 0.167. The normalized spacial score (nSPS) is 11.3. The van der Waals surface area contributed by atoms with Crippen molar-refractivity contribution in [3.05, 3.63) is 47.2 Å². The number of halogens is 3. The molecule has 0 aliphatic rings. The largest absolute Gasteiger partial charge is 0.416 e. The third-order valence-electron chi connectivity index (χ3n) is 2.62. The van der Waals surface area contributed by atoms with Crippen LogP contribution in [0.15, 0.2) is 30.5 Å². The van der Waals surface area contributed by atoms with E-state index in [0.717, 1.165) is 12.1 Å². The van der Waals surface area contributed by atoms with E-state index in [1.54, 1.807) is 0 Å². The molecular weight excluding hydrogens is 273 g/mol. The van der Waals surface area contributed by atoms with Gasteiger partial charge in [0.25, 0.3) is 5.91 Å². The van der Waals surface area contributed by atoms with Gasteiger partial charge in [0.05, 0.1) is 11.8 Å². The molecule has 1 amide bonds. The van der Waals surface area contributed by atoms with Gasteiger partial charge >= 0.3 is 6.18 Å². The van der Waals surface area contributed by atoms with Crippen molar-refractivity contribution in [2.75, 3.05) is 5.73 Å². The third-order valence-corrected chi connectivity index (χ3v) is 2.62. The van der Waals surface area contributed by atoms with Crippen LogP contribution in [0.3, 0.4) is 0 Å². The first-order valence-electron chi connectivity index (χ1n) is 5.61. The molecule has 0 fully saturated rings. The Kier molecular flexibility index (Phi) is 3.64. The van der Waals surface area contributed by atoms with Crippen molar-refractivity contribution in [1.29, 1.82) is 0 Å². The molecule has 2 aromatic rings. The molecule has 106 valence electrons. The monoisotopic (exact) mass is 284 g/mol. The summed E-state index contributed by atoms with van der Waals surface area (Å²) < 4.78 is 37.6. The topological polar surface area (TPSA) is 83.8 Å². The minimum atomic E-state index is -4.41. The second-order valence-electron chi connectivity index (χ2n) is 4.08. The molecule has 5 nitrogen and oxygen atoms in total. The zero-order valence-electron chi connectivity index (χ0n) is 10.2. The number of alkyl halides is 3. The van der Waals surface area contributed by atoms with Gasteiger partial charge in [0.15, 0.2) is 0 Å². The summed E-state index contributed by atoms with van der Waals surface area (Å²) in [6.07, 6.45) is -3.16. The molecule has 0 spiro atoms. The second kappa shape index (κ2) is 5.24. The molecule has 1 aromatic carbocycles. The van der Waals surface area contributed by atoms with E-state index >= 15 is 0 Å². The maximum atomic E-state index is 12.5. The molecule has 0 bridgehead atoms. The summed E-state index contributed by atoms with van der Waals surface area (Å²) >= 11 is 0. The van der Waals surface area contributed by atoms with E-state index in [1.165, 1.54) is 18.3 Å². The van der Waals surface area contributed by atoms with Crippen LogP contribution in [-0.4, -0.2) is 16.1 Å². The molecule has 2 rings (SSSR count). The van der Waals surface area contributed by atoms with Crippen molar-refractivity contribution in [3.63, 3.8) is 0 Å². The lowest BCUT2D eigenvalue weighted by atomic mass is 10.1. The summed E-state index contributed by atoms with van der Waals surface area (Å²) in [6, 6.07) is 4.74. The molecule has 8 heteroatoms. The van der Waals surface area contributed by atoms with Gasteiger partial charge in [0, 0.05) is 6.54 Å². The summed E-state index contributed by atoms with van der Waals surface area (Å²) in [5.41, 5.74) is 5.20. The highest BCUT2D eigenvalue weighted by molar-refractivity contribution is 5.97. The first-order valence-corrected chi connectivity index (χ1v) is 5.61. The van der Waals surface area contributed by atoms with Crippen LogP contribution in [0.4, 0.5) is 19.0 Å². The molecule has 0 saturated heterocycles. The standard InChI is InChI=1S/C12H11F3N4O/c13-12(14,15)8-3-1-2-7(4-8)5-17-11(20)9-6-18-19-10(9)16/h1-4,6H,5H2,(H,17,20)(H3,16,18,19). The minimum absolute atomic E-state index is 0.0344. The van der Waals surface area contributed by atoms with Gasteiger partial charge in [-0.1, -0.05) is 12.1 Å². The van der Waals surface area contributed by atoms with Gasteiger partial charge in [0.2, 0.25) is 0 Å². The predicted octanol–water partition coefficient (Wildman–Crippen LogP) is 1.94. The lowest BCUT2D eigenvalue weighted by molar-refractivity contribution is -0.137. The number of rotatable bonds is 3. The van der Waals surface area contributed by atoms with Gasteiger partial charge in [-0.15, -0.1) is 0 Å². The van der Waals surface area contributed by atoms with E-state index in [2.05, 4.69) is 15.5 Å². The number of carbonyl (C=O) groups is 1. The summed E-state index contributed by atoms with van der Waals surface area (Å²) in [6.45, 7) is -0.0344. The van der Waals surface area contributed by atoms with Crippen LogP contribution in [0.1, 0.15) is 21.5 Å². The smallest absolute Gasteiger partial charge is 0.383 e. The summed E-state index contributed by atoms with van der Waals surface area (Å²) in [5.74, 6) is -0.403. The summed E-state index contributed by atoms with van der Waals surface area (Å²) in [4.78, 5) is 11.7. The van der Waals surface area contributed by atoms with E-state index in [-0.39, 0.29) is 17.9 Å². The maximum Gasteiger partial charge on any atom is 0.416 e. The number of amides is 1. The fourth-order valence-electron chi connectivity index (χ4n) is 1.61. The number of H-pyrrole nitrogens is 1. The first-order chi connectivity index (χ1) is 9.38. The Bertz CT molecular complexity index is 621. The zero-order chi connectivity index (χ0) is 14.8. The minimum Gasteiger partial charge on any atom is -0.383 e. The Labute approximate surface area is 112 Å². The van der Waals surface area contributed by atoms with Crippen LogP contribution in [0.25, 0.3) is 0 Å². The molecular formula is C12H11F3N4O. The van der Waals surface area contributed by atoms with Gasteiger partial charge in [-0.3, -0.25) is 9.89 Å². The van der Waals surface area contributed by atoms with Crippen LogP contribution < -0.4 is 11.1 Å². The number of nitrogens with two attached hydrogens (primary N) is 1. The van der Waals surface area contributed by atoms with Crippen molar-refractivity contribution in [2.45, 2.75) is 12.7 Å². The Hall–Kier alpha value is -2.51. The van der Waals surface area contributed by atoms with E-state index in [0.29, 0.717) is 5.56 Å². The van der Waals surface area contributed by atoms with Crippen molar-refractivity contribution in [2.24, 2.45) is 0 Å². The second-order valence-corrected chi connectivity index (χ2v) is 4.08. The highest BCUT2D eigenvalue weighted by Crippen LogP contribution is 2.29. The number of carbonyl (C=O) groups excluding carboxylic acids is 1. The predicted molar refractivity (Wildman–Crippen MR) is 65.6 cm³/mol. The number of nitrogens with zero attached hydrogens (tertiary/aromatic N) is 1. The molecule has 4 N–H and O–H groups in total. The Morgan fingerprint density at radius 3 is 2.75 bits per heavy atom. The fourth-order valence-corrected chi connectivity index (χ4v) is 1.61. The maximum absolute atomic E-state index is 12.5. The lowest BCUT2D eigenvalue weighted by Gasteiger charge is -2.09. The van der Waals surface area contributed by atoms with Gasteiger partial charge in [-0.2, -0.15) is 18.3 Å². The lowest BCUT2D eigenvalue weighted by Crippen LogP contribution is -2.23. The molecule has 0 aliphatic carbocycles. The van der Waals surface area contributed by atoms with Crippen LogP contribution in [0.2, 0.25) is 0 Å². The molecule has 0 unspecified atom stereocenters. The Balaban J connectivity index is 2.05. The quantitative estimate of drug-likeness (QED) is 0.805. The highest BCUT2D eigenvalue weighted by Gasteiger charge is 2.30. The molecule has 1 heterocycles.